The zero-order chi connectivity index (χ0) is 19.5. The minimum Gasteiger partial charge on any atom is -0.493 e. The normalized spacial score (nSPS) is 16.2. The number of nitrogens with zero attached hydrogens (tertiary/aromatic N) is 1. The van der Waals surface area contributed by atoms with Crippen molar-refractivity contribution in [2.75, 3.05) is 40.0 Å². The molecule has 28 heavy (non-hydrogen) atoms. The van der Waals surface area contributed by atoms with E-state index in [1.807, 2.05) is 23.1 Å². The van der Waals surface area contributed by atoms with E-state index in [4.69, 9.17) is 15.2 Å². The van der Waals surface area contributed by atoms with Crippen LogP contribution in [0, 0.1) is 0 Å². The zero-order valence-corrected chi connectivity index (χ0v) is 17.3. The van der Waals surface area contributed by atoms with E-state index in [1.54, 1.807) is 13.2 Å². The number of hydrogen-bond acceptors (Lipinski definition) is 5. The summed E-state index contributed by atoms with van der Waals surface area (Å²) in [5.41, 5.74) is 6.02. The summed E-state index contributed by atoms with van der Waals surface area (Å²) >= 11 is 0. The predicted molar refractivity (Wildman–Crippen MR) is 111 cm³/mol. The molecule has 0 aliphatic carbocycles. The average Bonchev–Trinajstić information content (AvgIpc) is 2.70. The van der Waals surface area contributed by atoms with Gasteiger partial charge in [-0.15, -0.1) is 12.4 Å². The number of benzene rings is 1. The van der Waals surface area contributed by atoms with Crippen LogP contribution in [-0.4, -0.2) is 62.7 Å². The van der Waals surface area contributed by atoms with Crippen LogP contribution in [0.25, 0.3) is 0 Å². The van der Waals surface area contributed by atoms with Gasteiger partial charge in [-0.2, -0.15) is 0 Å². The number of hydrogen-bond donors (Lipinski definition) is 2. The van der Waals surface area contributed by atoms with Crippen LogP contribution in [0.2, 0.25) is 0 Å². The highest BCUT2D eigenvalue weighted by molar-refractivity contribution is 5.95. The number of carbonyl (C=O) groups is 2. The maximum absolute atomic E-state index is 13.0. The van der Waals surface area contributed by atoms with Crippen LogP contribution < -0.4 is 15.8 Å². The Morgan fingerprint density at radius 1 is 1.29 bits per heavy atom. The Kier molecular flexibility index (Phi) is 11.6. The van der Waals surface area contributed by atoms with Crippen molar-refractivity contribution in [2.45, 2.75) is 38.1 Å². The Labute approximate surface area is 173 Å². The minimum atomic E-state index is -0.0677. The van der Waals surface area contributed by atoms with E-state index in [0.717, 1.165) is 25.7 Å². The first-order valence-corrected chi connectivity index (χ1v) is 9.65. The second kappa shape index (κ2) is 13.4. The largest absolute Gasteiger partial charge is 0.493 e. The van der Waals surface area contributed by atoms with Crippen molar-refractivity contribution >= 4 is 24.2 Å². The molecule has 1 aromatic carbocycles. The number of amides is 2. The van der Waals surface area contributed by atoms with Crippen LogP contribution in [0.15, 0.2) is 24.3 Å². The number of methoxy groups -OCH3 is 1. The molecular formula is C20H32ClN3O4. The maximum atomic E-state index is 13.0. The van der Waals surface area contributed by atoms with E-state index in [1.165, 1.54) is 0 Å². The van der Waals surface area contributed by atoms with Crippen LogP contribution in [0.3, 0.4) is 0 Å². The molecule has 0 bridgehead atoms. The molecule has 1 fully saturated rings. The second-order valence-electron chi connectivity index (χ2n) is 6.71. The molecule has 1 saturated heterocycles. The van der Waals surface area contributed by atoms with E-state index >= 15 is 0 Å². The molecule has 1 atom stereocenters. The van der Waals surface area contributed by atoms with Crippen molar-refractivity contribution < 1.29 is 19.1 Å². The fourth-order valence-corrected chi connectivity index (χ4v) is 3.21. The molecule has 1 aromatic rings. The van der Waals surface area contributed by atoms with Crippen molar-refractivity contribution in [1.82, 2.24) is 10.2 Å². The van der Waals surface area contributed by atoms with Gasteiger partial charge in [0.25, 0.3) is 5.91 Å². The number of piperidine rings is 1. The number of nitrogens with two attached hydrogens (primary N) is 1. The maximum Gasteiger partial charge on any atom is 0.254 e. The van der Waals surface area contributed by atoms with Gasteiger partial charge in [0.1, 0.15) is 5.75 Å². The van der Waals surface area contributed by atoms with Gasteiger partial charge >= 0.3 is 0 Å². The van der Waals surface area contributed by atoms with Gasteiger partial charge in [-0.25, -0.2) is 0 Å². The molecule has 0 radical (unpaired) electrons. The molecule has 0 spiro atoms. The van der Waals surface area contributed by atoms with E-state index in [0.29, 0.717) is 50.6 Å². The lowest BCUT2D eigenvalue weighted by Crippen LogP contribution is -2.49. The van der Waals surface area contributed by atoms with Gasteiger partial charge in [0.2, 0.25) is 5.91 Å². The summed E-state index contributed by atoms with van der Waals surface area (Å²) < 4.78 is 10.7. The van der Waals surface area contributed by atoms with Gasteiger partial charge in [-0.05, 0) is 37.5 Å². The monoisotopic (exact) mass is 413 g/mol. The molecule has 3 N–H and O–H groups in total. The number of ether oxygens (including phenoxy) is 2. The summed E-state index contributed by atoms with van der Waals surface area (Å²) in [6.07, 6.45) is 4.03. The summed E-state index contributed by atoms with van der Waals surface area (Å²) in [6, 6.07) is 7.29. The molecule has 0 aromatic heterocycles. The standard InChI is InChI=1S/C20H31N3O4.ClH/c1-26-12-5-13-27-18-8-4-6-16(14-18)20(25)23-11-3-2-7-17(23)15-22-19(24)9-10-21;/h4,6,8,14,17H,2-3,5,7,9-13,15,21H2,1H3,(H,22,24);1H. The molecule has 1 heterocycles. The predicted octanol–water partition coefficient (Wildman–Crippen LogP) is 1.98. The number of halogens is 1. The van der Waals surface area contributed by atoms with Crippen LogP contribution in [0.4, 0.5) is 0 Å². The molecule has 7 nitrogen and oxygen atoms in total. The molecule has 1 unspecified atom stereocenters. The van der Waals surface area contributed by atoms with E-state index in [-0.39, 0.29) is 30.3 Å². The third-order valence-electron chi connectivity index (χ3n) is 4.64. The first kappa shape index (κ1) is 24.2. The topological polar surface area (TPSA) is 93.9 Å². The van der Waals surface area contributed by atoms with E-state index in [2.05, 4.69) is 5.32 Å². The highest BCUT2D eigenvalue weighted by atomic mass is 35.5. The number of nitrogens with one attached hydrogen (secondary N) is 1. The smallest absolute Gasteiger partial charge is 0.254 e. The van der Waals surface area contributed by atoms with Crippen molar-refractivity contribution in [2.24, 2.45) is 5.73 Å². The summed E-state index contributed by atoms with van der Waals surface area (Å²) in [4.78, 5) is 26.6. The van der Waals surface area contributed by atoms with Gasteiger partial charge in [0.15, 0.2) is 0 Å². The fourth-order valence-electron chi connectivity index (χ4n) is 3.21. The van der Waals surface area contributed by atoms with Gasteiger partial charge in [0, 0.05) is 57.8 Å². The third-order valence-corrected chi connectivity index (χ3v) is 4.64. The summed E-state index contributed by atoms with van der Waals surface area (Å²) in [5.74, 6) is 0.596. The van der Waals surface area contributed by atoms with Crippen molar-refractivity contribution in [1.29, 1.82) is 0 Å². The van der Waals surface area contributed by atoms with Gasteiger partial charge < -0.3 is 25.4 Å². The number of likely N-dealkylation sites (tertiary alicyclic amines) is 1. The first-order valence-electron chi connectivity index (χ1n) is 9.65. The van der Waals surface area contributed by atoms with Gasteiger partial charge in [-0.1, -0.05) is 6.07 Å². The molecule has 1 aliphatic rings. The van der Waals surface area contributed by atoms with Crippen LogP contribution >= 0.6 is 12.4 Å². The van der Waals surface area contributed by atoms with Crippen LogP contribution in [0.5, 0.6) is 5.75 Å². The lowest BCUT2D eigenvalue weighted by Gasteiger charge is -2.36. The Morgan fingerprint density at radius 3 is 2.86 bits per heavy atom. The fraction of sp³-hybridized carbons (Fsp3) is 0.600. The average molecular weight is 414 g/mol. The first-order chi connectivity index (χ1) is 13.2. The molecule has 0 saturated carbocycles. The third kappa shape index (κ3) is 7.66. The van der Waals surface area contributed by atoms with E-state index < -0.39 is 0 Å². The molecule has 1 aliphatic heterocycles. The molecule has 158 valence electrons. The second-order valence-corrected chi connectivity index (χ2v) is 6.71. The van der Waals surface area contributed by atoms with Crippen molar-refractivity contribution in [3.05, 3.63) is 29.8 Å². The molecule has 8 heteroatoms. The Bertz CT molecular complexity index is 615. The highest BCUT2D eigenvalue weighted by Crippen LogP contribution is 2.21. The highest BCUT2D eigenvalue weighted by Gasteiger charge is 2.27. The van der Waals surface area contributed by atoms with Crippen molar-refractivity contribution in [3.63, 3.8) is 0 Å². The molecule has 2 amide bonds. The van der Waals surface area contributed by atoms with Gasteiger partial charge in [0.05, 0.1) is 6.61 Å². The van der Waals surface area contributed by atoms with E-state index in [9.17, 15) is 9.59 Å². The number of rotatable bonds is 10. The lowest BCUT2D eigenvalue weighted by molar-refractivity contribution is -0.121. The van der Waals surface area contributed by atoms with Gasteiger partial charge in [-0.3, -0.25) is 9.59 Å². The summed E-state index contributed by atoms with van der Waals surface area (Å²) in [5, 5.41) is 2.89. The summed E-state index contributed by atoms with van der Waals surface area (Å²) in [6.45, 7) is 2.69. The quantitative estimate of drug-likeness (QED) is 0.572. The lowest BCUT2D eigenvalue weighted by atomic mass is 10.0. The van der Waals surface area contributed by atoms with Crippen molar-refractivity contribution in [3.8, 4) is 5.75 Å². The Balaban J connectivity index is 0.00000392. The zero-order valence-electron chi connectivity index (χ0n) is 16.5. The molecular weight excluding hydrogens is 382 g/mol. The number of carbonyl (C=O) groups excluding carboxylic acids is 2. The Hall–Kier alpha value is -1.83. The summed E-state index contributed by atoms with van der Waals surface area (Å²) in [7, 11) is 1.66. The molecule has 2 rings (SSSR count). The Morgan fingerprint density at radius 2 is 2.11 bits per heavy atom. The van der Waals surface area contributed by atoms with Crippen LogP contribution in [-0.2, 0) is 9.53 Å². The van der Waals surface area contributed by atoms with Crippen LogP contribution in [0.1, 0.15) is 42.5 Å². The minimum absolute atomic E-state index is 0. The SMILES string of the molecule is COCCCOc1cccc(C(=O)N2CCCCC2CNC(=O)CCN)c1.Cl.